The van der Waals surface area contributed by atoms with E-state index in [9.17, 15) is 14.7 Å². The lowest BCUT2D eigenvalue weighted by atomic mass is 10.0. The van der Waals surface area contributed by atoms with Gasteiger partial charge in [-0.3, -0.25) is 13.9 Å². The van der Waals surface area contributed by atoms with Crippen molar-refractivity contribution in [2.75, 3.05) is 0 Å². The molecule has 3 aromatic rings. The van der Waals surface area contributed by atoms with E-state index >= 15 is 0 Å². The average molecular weight is 358 g/mol. The van der Waals surface area contributed by atoms with Gasteiger partial charge in [-0.1, -0.05) is 38.1 Å². The minimum absolute atomic E-state index is 0.269. The van der Waals surface area contributed by atoms with E-state index in [4.69, 9.17) is 0 Å². The van der Waals surface area contributed by atoms with Gasteiger partial charge in [0.25, 0.3) is 5.56 Å². The summed E-state index contributed by atoms with van der Waals surface area (Å²) in [5, 5.41) is 11.3. The van der Waals surface area contributed by atoms with Crippen molar-refractivity contribution < 1.29 is 5.11 Å². The Morgan fingerprint density at radius 3 is 2.52 bits per heavy atom. The zero-order chi connectivity index (χ0) is 18.3. The van der Waals surface area contributed by atoms with E-state index in [1.807, 2.05) is 45.0 Å². The largest absolute Gasteiger partial charge is 0.383 e. The SMILES string of the molecule is Cc1ccccc1C(O)c1cc2c(=O)n(C)c(=O)n(CC(C)C)c2s1. The standard InChI is InChI=1S/C19H22N2O3S/c1-11(2)10-21-18-14(17(23)20(4)19(21)24)9-15(25-18)16(22)13-8-6-5-7-12(13)3/h5-9,11,16,22H,10H2,1-4H3. The molecule has 0 radical (unpaired) electrons. The quantitative estimate of drug-likeness (QED) is 0.780. The molecule has 1 aromatic carbocycles. The van der Waals surface area contributed by atoms with E-state index in [0.717, 1.165) is 15.7 Å². The molecule has 0 bridgehead atoms. The second-order valence-corrected chi connectivity index (χ2v) is 7.84. The fourth-order valence-electron chi connectivity index (χ4n) is 3.00. The Labute approximate surface area is 149 Å². The third-order valence-corrected chi connectivity index (χ3v) is 5.54. The molecule has 0 saturated heterocycles. The molecule has 2 aromatic heterocycles. The van der Waals surface area contributed by atoms with Gasteiger partial charge in [-0.25, -0.2) is 4.79 Å². The molecule has 25 heavy (non-hydrogen) atoms. The topological polar surface area (TPSA) is 64.2 Å². The highest BCUT2D eigenvalue weighted by Gasteiger charge is 2.20. The molecule has 0 aliphatic rings. The lowest BCUT2D eigenvalue weighted by Gasteiger charge is -2.12. The summed E-state index contributed by atoms with van der Waals surface area (Å²) in [6.07, 6.45) is -0.814. The molecule has 0 amide bonds. The maximum Gasteiger partial charge on any atom is 0.331 e. The first-order chi connectivity index (χ1) is 11.8. The molecule has 1 unspecified atom stereocenters. The number of benzene rings is 1. The van der Waals surface area contributed by atoms with Gasteiger partial charge in [0.15, 0.2) is 0 Å². The van der Waals surface area contributed by atoms with Crippen molar-refractivity contribution in [2.45, 2.75) is 33.4 Å². The molecule has 0 aliphatic carbocycles. The first kappa shape index (κ1) is 17.6. The Bertz CT molecular complexity index is 1040. The molecule has 0 fully saturated rings. The second kappa shape index (κ2) is 6.61. The van der Waals surface area contributed by atoms with Crippen LogP contribution >= 0.6 is 11.3 Å². The van der Waals surface area contributed by atoms with Crippen LogP contribution in [0.5, 0.6) is 0 Å². The van der Waals surface area contributed by atoms with Crippen molar-refractivity contribution in [2.24, 2.45) is 13.0 Å². The van der Waals surface area contributed by atoms with Gasteiger partial charge < -0.3 is 5.11 Å². The Kier molecular flexibility index (Phi) is 4.67. The fraction of sp³-hybridized carbons (Fsp3) is 0.368. The van der Waals surface area contributed by atoms with Crippen molar-refractivity contribution in [1.29, 1.82) is 0 Å². The minimum Gasteiger partial charge on any atom is -0.383 e. The van der Waals surface area contributed by atoms with Crippen LogP contribution in [0.2, 0.25) is 0 Å². The van der Waals surface area contributed by atoms with Crippen molar-refractivity contribution >= 4 is 21.6 Å². The molecule has 0 saturated carbocycles. The molecule has 1 atom stereocenters. The Morgan fingerprint density at radius 1 is 1.20 bits per heavy atom. The zero-order valence-corrected chi connectivity index (χ0v) is 15.6. The summed E-state index contributed by atoms with van der Waals surface area (Å²) in [4.78, 5) is 26.3. The molecule has 0 spiro atoms. The number of aliphatic hydroxyl groups excluding tert-OH is 1. The molecule has 0 aliphatic heterocycles. The number of thiophene rings is 1. The van der Waals surface area contributed by atoms with Crippen molar-refractivity contribution in [3.63, 3.8) is 0 Å². The van der Waals surface area contributed by atoms with E-state index in [1.54, 1.807) is 10.6 Å². The van der Waals surface area contributed by atoms with Gasteiger partial charge in [0.1, 0.15) is 10.9 Å². The van der Waals surface area contributed by atoms with Gasteiger partial charge in [-0.2, -0.15) is 0 Å². The number of aromatic nitrogens is 2. The van der Waals surface area contributed by atoms with Gasteiger partial charge >= 0.3 is 5.69 Å². The van der Waals surface area contributed by atoms with E-state index in [-0.39, 0.29) is 17.2 Å². The van der Waals surface area contributed by atoms with Crippen LogP contribution in [-0.4, -0.2) is 14.2 Å². The van der Waals surface area contributed by atoms with Crippen LogP contribution in [0.4, 0.5) is 0 Å². The van der Waals surface area contributed by atoms with E-state index in [2.05, 4.69) is 0 Å². The third-order valence-electron chi connectivity index (χ3n) is 4.33. The second-order valence-electron chi connectivity index (χ2n) is 6.78. The third kappa shape index (κ3) is 3.07. The number of hydrogen-bond acceptors (Lipinski definition) is 4. The predicted molar refractivity (Wildman–Crippen MR) is 101 cm³/mol. The number of fused-ring (bicyclic) bond motifs is 1. The number of aliphatic hydroxyl groups is 1. The average Bonchev–Trinajstić information content (AvgIpc) is 3.02. The Hall–Kier alpha value is -2.18. The van der Waals surface area contributed by atoms with Crippen molar-refractivity contribution in [3.05, 3.63) is 67.2 Å². The molecule has 2 heterocycles. The van der Waals surface area contributed by atoms with Crippen LogP contribution in [0.3, 0.4) is 0 Å². The van der Waals surface area contributed by atoms with Crippen LogP contribution in [0, 0.1) is 12.8 Å². The number of aryl methyl sites for hydroxylation is 1. The van der Waals surface area contributed by atoms with E-state index < -0.39 is 6.10 Å². The highest BCUT2D eigenvalue weighted by molar-refractivity contribution is 7.18. The normalized spacial score (nSPS) is 12.9. The van der Waals surface area contributed by atoms with E-state index in [0.29, 0.717) is 21.6 Å². The van der Waals surface area contributed by atoms with Gasteiger partial charge in [-0.05, 0) is 30.0 Å². The molecular formula is C19H22N2O3S. The lowest BCUT2D eigenvalue weighted by Crippen LogP contribution is -2.38. The van der Waals surface area contributed by atoms with Crippen molar-refractivity contribution in [3.8, 4) is 0 Å². The summed E-state index contributed by atoms with van der Waals surface area (Å²) >= 11 is 1.31. The summed E-state index contributed by atoms with van der Waals surface area (Å²) < 4.78 is 2.78. The molecular weight excluding hydrogens is 336 g/mol. The monoisotopic (exact) mass is 358 g/mol. The molecule has 132 valence electrons. The number of nitrogens with zero attached hydrogens (tertiary/aromatic N) is 2. The summed E-state index contributed by atoms with van der Waals surface area (Å²) in [6, 6.07) is 9.35. The summed E-state index contributed by atoms with van der Waals surface area (Å²) in [6.45, 7) is 6.53. The van der Waals surface area contributed by atoms with Gasteiger partial charge in [0, 0.05) is 18.5 Å². The highest BCUT2D eigenvalue weighted by atomic mass is 32.1. The minimum atomic E-state index is -0.814. The first-order valence-corrected chi connectivity index (χ1v) is 9.09. The van der Waals surface area contributed by atoms with E-state index in [1.165, 1.54) is 18.4 Å². The predicted octanol–water partition coefficient (Wildman–Crippen LogP) is 2.81. The van der Waals surface area contributed by atoms with Crippen LogP contribution in [-0.2, 0) is 13.6 Å². The molecule has 1 N–H and O–H groups in total. The van der Waals surface area contributed by atoms with Crippen LogP contribution in [0.15, 0.2) is 39.9 Å². The molecule has 6 heteroatoms. The molecule has 3 rings (SSSR count). The number of rotatable bonds is 4. The van der Waals surface area contributed by atoms with Crippen LogP contribution in [0.1, 0.15) is 36.0 Å². The van der Waals surface area contributed by atoms with Crippen LogP contribution in [0.25, 0.3) is 10.2 Å². The molecule has 5 nitrogen and oxygen atoms in total. The maximum atomic E-state index is 12.5. The highest BCUT2D eigenvalue weighted by Crippen LogP contribution is 2.32. The lowest BCUT2D eigenvalue weighted by molar-refractivity contribution is 0.223. The summed E-state index contributed by atoms with van der Waals surface area (Å²) in [5.74, 6) is 0.269. The zero-order valence-electron chi connectivity index (χ0n) is 14.8. The number of hydrogen-bond donors (Lipinski definition) is 1. The Morgan fingerprint density at radius 2 is 1.88 bits per heavy atom. The van der Waals surface area contributed by atoms with Gasteiger partial charge in [0.05, 0.1) is 5.39 Å². The summed E-state index contributed by atoms with van der Waals surface area (Å²) in [7, 11) is 1.50. The van der Waals surface area contributed by atoms with Crippen molar-refractivity contribution in [1.82, 2.24) is 9.13 Å². The van der Waals surface area contributed by atoms with Gasteiger partial charge in [0.2, 0.25) is 0 Å². The van der Waals surface area contributed by atoms with Gasteiger partial charge in [-0.15, -0.1) is 11.3 Å². The fourth-order valence-corrected chi connectivity index (χ4v) is 4.15. The Balaban J connectivity index is 2.23. The smallest absolute Gasteiger partial charge is 0.331 e. The first-order valence-electron chi connectivity index (χ1n) is 8.28. The summed E-state index contributed by atoms with van der Waals surface area (Å²) in [5.41, 5.74) is 1.16. The van der Waals surface area contributed by atoms with Crippen LogP contribution < -0.4 is 11.2 Å². The maximum absolute atomic E-state index is 12.5.